The molecule has 2 N–H and O–H groups in total. The summed E-state index contributed by atoms with van der Waals surface area (Å²) < 4.78 is 63.5. The van der Waals surface area contributed by atoms with E-state index in [2.05, 4.69) is 0 Å². The third kappa shape index (κ3) is 4.37. The van der Waals surface area contributed by atoms with Gasteiger partial charge < -0.3 is 10.5 Å². The predicted octanol–water partition coefficient (Wildman–Crippen LogP) is 5.26. The van der Waals surface area contributed by atoms with Crippen molar-refractivity contribution in [2.45, 2.75) is 31.9 Å². The van der Waals surface area contributed by atoms with Crippen LogP contribution in [0.4, 0.5) is 40.3 Å². The van der Waals surface area contributed by atoms with Gasteiger partial charge in [-0.3, -0.25) is 24.5 Å². The van der Waals surface area contributed by atoms with Gasteiger partial charge in [-0.2, -0.15) is 8.78 Å². The monoisotopic (exact) mass is 528 g/mol. The Balaban J connectivity index is 1.54. The van der Waals surface area contributed by atoms with Crippen LogP contribution in [0.1, 0.15) is 24.8 Å². The summed E-state index contributed by atoms with van der Waals surface area (Å²) in [6.45, 7) is 0.189. The molecule has 1 atom stereocenters. The topological polar surface area (TPSA) is 79.1 Å². The van der Waals surface area contributed by atoms with E-state index in [0.29, 0.717) is 27.5 Å². The molecule has 1 saturated heterocycles. The van der Waals surface area contributed by atoms with Gasteiger partial charge in [0.2, 0.25) is 11.8 Å². The molecule has 2 amide bonds. The lowest BCUT2D eigenvalue weighted by molar-refractivity contribution is -0.119. The van der Waals surface area contributed by atoms with Gasteiger partial charge >= 0.3 is 6.05 Å². The molecule has 38 heavy (non-hydrogen) atoms. The zero-order valence-corrected chi connectivity index (χ0v) is 20.3. The van der Waals surface area contributed by atoms with Crippen LogP contribution in [-0.2, 0) is 16.1 Å². The molecular formula is C27H24F4N4O3. The second-order valence-electron chi connectivity index (χ2n) is 9.20. The second kappa shape index (κ2) is 9.55. The van der Waals surface area contributed by atoms with Crippen molar-refractivity contribution in [1.29, 1.82) is 0 Å². The third-order valence-electron chi connectivity index (χ3n) is 6.81. The molecule has 0 saturated carbocycles. The molecular weight excluding hydrogens is 504 g/mol. The van der Waals surface area contributed by atoms with Gasteiger partial charge in [0, 0.05) is 30.2 Å². The molecule has 3 aromatic rings. The van der Waals surface area contributed by atoms with Gasteiger partial charge in [0.25, 0.3) is 0 Å². The van der Waals surface area contributed by atoms with Crippen LogP contribution in [0.5, 0.6) is 5.75 Å². The summed E-state index contributed by atoms with van der Waals surface area (Å²) in [5.74, 6) is -3.76. The van der Waals surface area contributed by atoms with Crippen molar-refractivity contribution in [2.24, 2.45) is 11.7 Å². The Morgan fingerprint density at radius 1 is 1.03 bits per heavy atom. The van der Waals surface area contributed by atoms with E-state index in [1.807, 2.05) is 0 Å². The van der Waals surface area contributed by atoms with Crippen molar-refractivity contribution in [3.8, 4) is 5.75 Å². The quantitative estimate of drug-likeness (QED) is 0.335. The maximum Gasteiger partial charge on any atom is 0.335 e. The lowest BCUT2D eigenvalue weighted by atomic mass is 10.00. The number of ether oxygens (including phenoxy) is 1. The molecule has 198 valence electrons. The van der Waals surface area contributed by atoms with E-state index in [9.17, 15) is 18.4 Å². The number of benzene rings is 3. The van der Waals surface area contributed by atoms with Crippen LogP contribution >= 0.6 is 0 Å². The Morgan fingerprint density at radius 2 is 1.71 bits per heavy atom. The summed E-state index contributed by atoms with van der Waals surface area (Å²) in [5, 5.41) is 3.52. The normalized spacial score (nSPS) is 18.2. The average molecular weight is 529 g/mol. The van der Waals surface area contributed by atoms with Crippen LogP contribution in [0.2, 0.25) is 0 Å². The summed E-state index contributed by atoms with van der Waals surface area (Å²) in [6.07, 6.45) is -0.844. The first-order chi connectivity index (χ1) is 18.1. The molecule has 3 aromatic carbocycles. The van der Waals surface area contributed by atoms with Crippen molar-refractivity contribution in [2.75, 3.05) is 22.0 Å². The average Bonchev–Trinajstić information content (AvgIpc) is 3.36. The number of nitrogens with two attached hydrogens (primary N) is 1. The number of rotatable bonds is 7. The highest BCUT2D eigenvalue weighted by Crippen LogP contribution is 2.47. The number of hydrazine groups is 1. The van der Waals surface area contributed by atoms with E-state index in [0.717, 1.165) is 0 Å². The van der Waals surface area contributed by atoms with Crippen molar-refractivity contribution in [1.82, 2.24) is 0 Å². The van der Waals surface area contributed by atoms with Crippen LogP contribution < -0.4 is 25.4 Å². The van der Waals surface area contributed by atoms with E-state index in [4.69, 9.17) is 10.5 Å². The highest BCUT2D eigenvalue weighted by molar-refractivity contribution is 5.97. The van der Waals surface area contributed by atoms with Crippen LogP contribution in [0.15, 0.2) is 60.7 Å². The zero-order chi connectivity index (χ0) is 27.2. The summed E-state index contributed by atoms with van der Waals surface area (Å²) in [6, 6.07) is 11.0. The number of fused-ring (bicyclic) bond motifs is 1. The van der Waals surface area contributed by atoms with Crippen molar-refractivity contribution in [3.63, 3.8) is 0 Å². The number of anilines is 4. The van der Waals surface area contributed by atoms with E-state index < -0.39 is 41.8 Å². The summed E-state index contributed by atoms with van der Waals surface area (Å²) >= 11 is 0. The van der Waals surface area contributed by atoms with Crippen molar-refractivity contribution < 1.29 is 31.9 Å². The fourth-order valence-electron chi connectivity index (χ4n) is 4.96. The lowest BCUT2D eigenvalue weighted by Crippen LogP contribution is -2.42. The minimum atomic E-state index is -3.50. The minimum Gasteiger partial charge on any atom is -0.494 e. The molecule has 2 aliphatic rings. The van der Waals surface area contributed by atoms with Crippen LogP contribution in [0, 0.1) is 17.6 Å². The molecule has 2 aliphatic heterocycles. The molecule has 1 fully saturated rings. The SMILES string of the molecule is COc1cc(N2Cc3cc(N4C(=O)CC(CCC(N)=O)C4(F)F)ccc3N2c2ccc(F)cc2)ccc1F. The Morgan fingerprint density at radius 3 is 2.39 bits per heavy atom. The molecule has 0 radical (unpaired) electrons. The summed E-state index contributed by atoms with van der Waals surface area (Å²) in [7, 11) is 1.34. The molecule has 0 bridgehead atoms. The van der Waals surface area contributed by atoms with Gasteiger partial charge in [0.05, 0.1) is 36.6 Å². The molecule has 0 spiro atoms. The first-order valence-electron chi connectivity index (χ1n) is 11.9. The highest BCUT2D eigenvalue weighted by atomic mass is 19.3. The number of primary amides is 1. The van der Waals surface area contributed by atoms with E-state index in [1.165, 1.54) is 43.5 Å². The summed E-state index contributed by atoms with van der Waals surface area (Å²) in [4.78, 5) is 24.3. The molecule has 1 unspecified atom stereocenters. The van der Waals surface area contributed by atoms with E-state index >= 15 is 8.78 Å². The molecule has 7 nitrogen and oxygen atoms in total. The number of nitrogens with zero attached hydrogens (tertiary/aromatic N) is 3. The molecule has 2 heterocycles. The fraction of sp³-hybridized carbons (Fsp3) is 0.259. The number of carbonyl (C=O) groups excluding carboxylic acids is 2. The Hall–Kier alpha value is -4.28. The minimum absolute atomic E-state index is 0.0120. The Bertz CT molecular complexity index is 1400. The van der Waals surface area contributed by atoms with E-state index in [1.54, 1.807) is 34.3 Å². The first kappa shape index (κ1) is 25.4. The maximum atomic E-state index is 15.3. The maximum absolute atomic E-state index is 15.3. The standard InChI is InChI=1S/C27H24F4N4O3/c1-38-24-14-20(7-9-22(24)29)33-15-16-12-21(8-10-23(16)35(33)19-5-3-18(28)4-6-19)34-26(37)13-17(27(34,30)31)2-11-25(32)36/h3-10,12,14,17H,2,11,13,15H2,1H3,(H2,32,36). The number of methoxy groups -OCH3 is 1. The molecule has 0 aliphatic carbocycles. The summed E-state index contributed by atoms with van der Waals surface area (Å²) in [5.41, 5.74) is 7.47. The molecule has 11 heteroatoms. The highest BCUT2D eigenvalue weighted by Gasteiger charge is 2.55. The smallest absolute Gasteiger partial charge is 0.335 e. The first-order valence-corrected chi connectivity index (χ1v) is 11.9. The number of alkyl halides is 2. The third-order valence-corrected chi connectivity index (χ3v) is 6.81. The largest absolute Gasteiger partial charge is 0.494 e. The molecule has 0 aromatic heterocycles. The fourth-order valence-corrected chi connectivity index (χ4v) is 4.96. The second-order valence-corrected chi connectivity index (χ2v) is 9.20. The Labute approximate surface area is 216 Å². The van der Waals surface area contributed by atoms with E-state index in [-0.39, 0.29) is 30.8 Å². The number of halogens is 4. The predicted molar refractivity (Wildman–Crippen MR) is 133 cm³/mol. The zero-order valence-electron chi connectivity index (χ0n) is 20.3. The lowest BCUT2D eigenvalue weighted by Gasteiger charge is -2.32. The van der Waals surface area contributed by atoms with Crippen LogP contribution in [0.3, 0.4) is 0 Å². The van der Waals surface area contributed by atoms with Gasteiger partial charge in [0.1, 0.15) is 5.82 Å². The van der Waals surface area contributed by atoms with Crippen molar-refractivity contribution >= 4 is 34.6 Å². The molecule has 5 rings (SSSR count). The number of hydrogen-bond acceptors (Lipinski definition) is 5. The van der Waals surface area contributed by atoms with Crippen LogP contribution in [-0.4, -0.2) is 25.0 Å². The van der Waals surface area contributed by atoms with Crippen molar-refractivity contribution in [3.05, 3.63) is 77.9 Å². The van der Waals surface area contributed by atoms with Gasteiger partial charge in [-0.25, -0.2) is 8.78 Å². The van der Waals surface area contributed by atoms with Gasteiger partial charge in [-0.05, 0) is 61.0 Å². The van der Waals surface area contributed by atoms with Gasteiger partial charge in [-0.15, -0.1) is 0 Å². The Kier molecular flexibility index (Phi) is 6.38. The number of hydrogen-bond donors (Lipinski definition) is 1. The van der Waals surface area contributed by atoms with Gasteiger partial charge in [0.15, 0.2) is 11.6 Å². The van der Waals surface area contributed by atoms with Crippen LogP contribution in [0.25, 0.3) is 0 Å². The number of amides is 2. The number of carbonyl (C=O) groups is 2. The van der Waals surface area contributed by atoms with Gasteiger partial charge in [-0.1, -0.05) is 0 Å².